The first-order chi connectivity index (χ1) is 6.10. The molecule has 0 amide bonds. The lowest BCUT2D eigenvalue weighted by Crippen LogP contribution is -2.32. The highest BCUT2D eigenvalue weighted by molar-refractivity contribution is 5.36. The van der Waals surface area contributed by atoms with Gasteiger partial charge in [0, 0.05) is 11.1 Å². The Morgan fingerprint density at radius 3 is 2.15 bits per heavy atom. The van der Waals surface area contributed by atoms with Gasteiger partial charge in [-0.15, -0.1) is 6.42 Å². The molecule has 0 saturated carbocycles. The van der Waals surface area contributed by atoms with E-state index in [4.69, 9.17) is 6.42 Å². The van der Waals surface area contributed by atoms with E-state index in [2.05, 4.69) is 37.2 Å². The molecule has 0 aliphatic heterocycles. The highest BCUT2D eigenvalue weighted by atomic mass is 14.9. The molecule has 13 heavy (non-hydrogen) atoms. The van der Waals surface area contributed by atoms with Crippen LogP contribution in [0.1, 0.15) is 25.0 Å². The van der Waals surface area contributed by atoms with Gasteiger partial charge in [0.25, 0.3) is 0 Å². The zero-order chi connectivity index (χ0) is 9.90. The van der Waals surface area contributed by atoms with Crippen LogP contribution in [-0.2, 0) is 5.54 Å². The van der Waals surface area contributed by atoms with Gasteiger partial charge in [0.2, 0.25) is 0 Å². The summed E-state index contributed by atoms with van der Waals surface area (Å²) in [5.41, 5.74) is 2.18. The van der Waals surface area contributed by atoms with E-state index in [1.807, 2.05) is 19.2 Å². The molecule has 0 heterocycles. The van der Waals surface area contributed by atoms with E-state index in [1.165, 1.54) is 5.56 Å². The molecular formula is C12H15N. The van der Waals surface area contributed by atoms with Crippen molar-refractivity contribution >= 4 is 0 Å². The van der Waals surface area contributed by atoms with Crippen molar-refractivity contribution in [3.05, 3.63) is 35.4 Å². The third-order valence-electron chi connectivity index (χ3n) is 2.40. The van der Waals surface area contributed by atoms with Crippen molar-refractivity contribution in [2.45, 2.75) is 19.4 Å². The third kappa shape index (κ3) is 2.11. The molecule has 0 saturated heterocycles. The molecule has 1 nitrogen and oxygen atoms in total. The lowest BCUT2D eigenvalue weighted by atomic mass is 9.94. The van der Waals surface area contributed by atoms with Crippen molar-refractivity contribution in [2.75, 3.05) is 7.05 Å². The highest BCUT2D eigenvalue weighted by Gasteiger charge is 2.16. The summed E-state index contributed by atoms with van der Waals surface area (Å²) in [6, 6.07) is 8.06. The second-order valence-corrected chi connectivity index (χ2v) is 3.60. The Morgan fingerprint density at radius 1 is 1.23 bits per heavy atom. The maximum absolute atomic E-state index is 5.28. The molecule has 0 atom stereocenters. The Balaban J connectivity index is 3.00. The minimum Gasteiger partial charge on any atom is -0.311 e. The smallest absolute Gasteiger partial charge is 0.0374 e. The van der Waals surface area contributed by atoms with Crippen molar-refractivity contribution in [2.24, 2.45) is 0 Å². The molecule has 0 unspecified atom stereocenters. The minimum atomic E-state index is 0.00707. The van der Waals surface area contributed by atoms with Gasteiger partial charge in [0.15, 0.2) is 0 Å². The summed E-state index contributed by atoms with van der Waals surface area (Å²) in [5.74, 6) is 2.60. The second-order valence-electron chi connectivity index (χ2n) is 3.60. The van der Waals surface area contributed by atoms with Crippen molar-refractivity contribution in [1.82, 2.24) is 5.32 Å². The molecule has 0 bridgehead atoms. The van der Waals surface area contributed by atoms with E-state index in [9.17, 15) is 0 Å². The molecule has 0 aliphatic carbocycles. The van der Waals surface area contributed by atoms with Crippen molar-refractivity contribution in [3.8, 4) is 12.3 Å². The predicted molar refractivity (Wildman–Crippen MR) is 56.5 cm³/mol. The fourth-order valence-corrected chi connectivity index (χ4v) is 1.13. The molecule has 1 rings (SSSR count). The summed E-state index contributed by atoms with van der Waals surface area (Å²) in [5, 5.41) is 3.24. The maximum Gasteiger partial charge on any atom is 0.0374 e. The van der Waals surface area contributed by atoms with Gasteiger partial charge in [0.05, 0.1) is 0 Å². The summed E-state index contributed by atoms with van der Waals surface area (Å²) in [6.07, 6.45) is 5.28. The van der Waals surface area contributed by atoms with Gasteiger partial charge in [-0.3, -0.25) is 0 Å². The van der Waals surface area contributed by atoms with Crippen LogP contribution in [0, 0.1) is 12.3 Å². The molecule has 1 heteroatoms. The van der Waals surface area contributed by atoms with E-state index in [-0.39, 0.29) is 5.54 Å². The molecule has 1 aromatic rings. The first kappa shape index (κ1) is 9.83. The summed E-state index contributed by atoms with van der Waals surface area (Å²) >= 11 is 0. The number of terminal acetylenes is 1. The molecule has 0 fully saturated rings. The first-order valence-corrected chi connectivity index (χ1v) is 4.36. The van der Waals surface area contributed by atoms with Gasteiger partial charge < -0.3 is 5.32 Å². The van der Waals surface area contributed by atoms with Crippen LogP contribution in [-0.4, -0.2) is 7.05 Å². The predicted octanol–water partition coefficient (Wildman–Crippen LogP) is 2.12. The van der Waals surface area contributed by atoms with Crippen molar-refractivity contribution in [3.63, 3.8) is 0 Å². The standard InChI is InChI=1S/C12H15N/c1-5-10-6-8-11(9-7-10)12(2,3)13-4/h1,6-9,13H,2-4H3. The van der Waals surface area contributed by atoms with Crippen LogP contribution < -0.4 is 5.32 Å². The molecule has 0 radical (unpaired) electrons. The average Bonchev–Trinajstić information content (AvgIpc) is 2.18. The summed E-state index contributed by atoms with van der Waals surface area (Å²) in [4.78, 5) is 0. The number of benzene rings is 1. The Hall–Kier alpha value is -1.26. The van der Waals surface area contributed by atoms with Crippen molar-refractivity contribution < 1.29 is 0 Å². The van der Waals surface area contributed by atoms with Crippen LogP contribution in [0.5, 0.6) is 0 Å². The SMILES string of the molecule is C#Cc1ccc(C(C)(C)NC)cc1. The van der Waals surface area contributed by atoms with Gasteiger partial charge >= 0.3 is 0 Å². The molecule has 68 valence electrons. The molecule has 0 aromatic heterocycles. The van der Waals surface area contributed by atoms with E-state index in [1.54, 1.807) is 0 Å². The van der Waals surface area contributed by atoms with Crippen molar-refractivity contribution in [1.29, 1.82) is 0 Å². The van der Waals surface area contributed by atoms with E-state index in [0.29, 0.717) is 0 Å². The van der Waals surface area contributed by atoms with Crippen LogP contribution in [0.3, 0.4) is 0 Å². The van der Waals surface area contributed by atoms with Gasteiger partial charge in [0.1, 0.15) is 0 Å². The molecule has 0 spiro atoms. The fraction of sp³-hybridized carbons (Fsp3) is 0.333. The Bertz CT molecular complexity index is 314. The van der Waals surface area contributed by atoms with Crippen LogP contribution in [0.25, 0.3) is 0 Å². The normalized spacial score (nSPS) is 10.9. The highest BCUT2D eigenvalue weighted by Crippen LogP contribution is 2.19. The quantitative estimate of drug-likeness (QED) is 0.675. The van der Waals surface area contributed by atoms with Crippen LogP contribution in [0.2, 0.25) is 0 Å². The second kappa shape index (κ2) is 3.64. The van der Waals surface area contributed by atoms with Gasteiger partial charge in [-0.05, 0) is 38.6 Å². The number of nitrogens with one attached hydrogen (secondary N) is 1. The van der Waals surface area contributed by atoms with Gasteiger partial charge in [-0.25, -0.2) is 0 Å². The Labute approximate surface area is 80.2 Å². The van der Waals surface area contributed by atoms with E-state index >= 15 is 0 Å². The number of hydrogen-bond acceptors (Lipinski definition) is 1. The summed E-state index contributed by atoms with van der Waals surface area (Å²) in [7, 11) is 1.95. The maximum atomic E-state index is 5.28. The first-order valence-electron chi connectivity index (χ1n) is 4.36. The van der Waals surface area contributed by atoms with Gasteiger partial charge in [-0.2, -0.15) is 0 Å². The third-order valence-corrected chi connectivity index (χ3v) is 2.40. The topological polar surface area (TPSA) is 12.0 Å². The zero-order valence-corrected chi connectivity index (χ0v) is 8.39. The lowest BCUT2D eigenvalue weighted by molar-refractivity contribution is 0.444. The average molecular weight is 173 g/mol. The molecular weight excluding hydrogens is 158 g/mol. The minimum absolute atomic E-state index is 0.00707. The number of hydrogen-bond donors (Lipinski definition) is 1. The fourth-order valence-electron chi connectivity index (χ4n) is 1.13. The van der Waals surface area contributed by atoms with Gasteiger partial charge in [-0.1, -0.05) is 18.1 Å². The summed E-state index contributed by atoms with van der Waals surface area (Å²) in [6.45, 7) is 4.27. The largest absolute Gasteiger partial charge is 0.311 e. The number of rotatable bonds is 2. The monoisotopic (exact) mass is 173 g/mol. The van der Waals surface area contributed by atoms with Crippen LogP contribution in [0.15, 0.2) is 24.3 Å². The Morgan fingerprint density at radius 2 is 1.77 bits per heavy atom. The zero-order valence-electron chi connectivity index (χ0n) is 8.39. The Kier molecular flexibility index (Phi) is 2.75. The van der Waals surface area contributed by atoms with E-state index in [0.717, 1.165) is 5.56 Å². The molecule has 0 aliphatic rings. The van der Waals surface area contributed by atoms with Crippen LogP contribution >= 0.6 is 0 Å². The molecule has 1 aromatic carbocycles. The van der Waals surface area contributed by atoms with Crippen LogP contribution in [0.4, 0.5) is 0 Å². The molecule has 1 N–H and O–H groups in total. The lowest BCUT2D eigenvalue weighted by Gasteiger charge is -2.24. The van der Waals surface area contributed by atoms with E-state index < -0.39 is 0 Å². The summed E-state index contributed by atoms with van der Waals surface area (Å²) < 4.78 is 0.